The van der Waals surface area contributed by atoms with Crippen molar-refractivity contribution >= 4 is 50.4 Å². The third-order valence-electron chi connectivity index (χ3n) is 1.85. The van der Waals surface area contributed by atoms with Gasteiger partial charge in [0.05, 0.1) is 23.6 Å². The van der Waals surface area contributed by atoms with Crippen LogP contribution in [-0.2, 0) is 14.6 Å². The monoisotopic (exact) mass is 303 g/mol. The van der Waals surface area contributed by atoms with Crippen molar-refractivity contribution in [3.8, 4) is 0 Å². The third kappa shape index (κ3) is 4.45. The SMILES string of the molecule is O=S1(=O)C=C[C@@H](NC(=S)OC(CCl)CCl)C1. The minimum absolute atomic E-state index is 0.0110. The fourth-order valence-corrected chi connectivity index (χ4v) is 3.09. The topological polar surface area (TPSA) is 55.4 Å². The molecule has 16 heavy (non-hydrogen) atoms. The summed E-state index contributed by atoms with van der Waals surface area (Å²) in [4.78, 5) is 0. The molecule has 1 rings (SSSR count). The van der Waals surface area contributed by atoms with E-state index >= 15 is 0 Å². The highest BCUT2D eigenvalue weighted by Gasteiger charge is 2.23. The summed E-state index contributed by atoms with van der Waals surface area (Å²) in [6.07, 6.45) is 1.16. The van der Waals surface area contributed by atoms with E-state index in [0.29, 0.717) is 0 Å². The molecule has 1 aliphatic heterocycles. The number of alkyl halides is 2. The minimum atomic E-state index is -3.09. The molecule has 4 nitrogen and oxygen atoms in total. The second-order valence-electron chi connectivity index (χ2n) is 3.24. The molecule has 0 aromatic carbocycles. The molecular weight excluding hydrogens is 293 g/mol. The van der Waals surface area contributed by atoms with Gasteiger partial charge >= 0.3 is 0 Å². The van der Waals surface area contributed by atoms with Crippen molar-refractivity contribution in [3.63, 3.8) is 0 Å². The molecule has 1 heterocycles. The zero-order chi connectivity index (χ0) is 12.2. The highest BCUT2D eigenvalue weighted by Crippen LogP contribution is 2.08. The van der Waals surface area contributed by atoms with Crippen LogP contribution < -0.4 is 5.32 Å². The van der Waals surface area contributed by atoms with Crippen LogP contribution >= 0.6 is 35.4 Å². The Morgan fingerprint density at radius 3 is 2.62 bits per heavy atom. The van der Waals surface area contributed by atoms with Crippen molar-refractivity contribution in [1.82, 2.24) is 5.32 Å². The minimum Gasteiger partial charge on any atom is -0.465 e. The predicted octanol–water partition coefficient (Wildman–Crippen LogP) is 1.03. The summed E-state index contributed by atoms with van der Waals surface area (Å²) in [5.41, 5.74) is 0. The van der Waals surface area contributed by atoms with E-state index in [0.717, 1.165) is 5.41 Å². The Kier molecular flexibility index (Phi) is 5.30. The highest BCUT2D eigenvalue weighted by molar-refractivity contribution is 7.94. The van der Waals surface area contributed by atoms with Gasteiger partial charge in [0.15, 0.2) is 9.84 Å². The first-order valence-electron chi connectivity index (χ1n) is 4.47. The molecule has 0 saturated heterocycles. The number of halogens is 2. The number of hydrogen-bond acceptors (Lipinski definition) is 4. The maximum absolute atomic E-state index is 11.1. The normalized spacial score (nSPS) is 22.3. The predicted molar refractivity (Wildman–Crippen MR) is 68.8 cm³/mol. The number of thiocarbonyl (C=S) groups is 1. The van der Waals surface area contributed by atoms with Crippen molar-refractivity contribution < 1.29 is 13.2 Å². The summed E-state index contributed by atoms with van der Waals surface area (Å²) < 4.78 is 27.4. The van der Waals surface area contributed by atoms with Crippen molar-refractivity contribution in [3.05, 3.63) is 11.5 Å². The first kappa shape index (κ1) is 14.0. The molecular formula is C8H11Cl2NO3S2. The number of ether oxygens (including phenoxy) is 1. The lowest BCUT2D eigenvalue weighted by molar-refractivity contribution is 0.229. The second kappa shape index (κ2) is 6.05. The van der Waals surface area contributed by atoms with Gasteiger partial charge in [0.25, 0.3) is 5.17 Å². The lowest BCUT2D eigenvalue weighted by Crippen LogP contribution is -2.38. The zero-order valence-corrected chi connectivity index (χ0v) is 11.4. The Labute approximate surface area is 110 Å². The van der Waals surface area contributed by atoms with E-state index < -0.39 is 9.84 Å². The molecule has 0 radical (unpaired) electrons. The van der Waals surface area contributed by atoms with Gasteiger partial charge in [0, 0.05) is 5.41 Å². The van der Waals surface area contributed by atoms with Gasteiger partial charge in [-0.15, -0.1) is 23.2 Å². The molecule has 8 heteroatoms. The van der Waals surface area contributed by atoms with Crippen LogP contribution in [0.25, 0.3) is 0 Å². The molecule has 1 N–H and O–H groups in total. The summed E-state index contributed by atoms with van der Waals surface area (Å²) in [5, 5.41) is 4.03. The zero-order valence-electron chi connectivity index (χ0n) is 8.23. The van der Waals surface area contributed by atoms with Crippen molar-refractivity contribution in [1.29, 1.82) is 0 Å². The number of nitrogens with one attached hydrogen (secondary N) is 1. The number of rotatable bonds is 4. The van der Waals surface area contributed by atoms with Crippen molar-refractivity contribution in [2.45, 2.75) is 12.1 Å². The van der Waals surface area contributed by atoms with Crippen LogP contribution in [0.2, 0.25) is 0 Å². The van der Waals surface area contributed by atoms with E-state index in [1.165, 1.54) is 6.08 Å². The van der Waals surface area contributed by atoms with Crippen LogP contribution in [0.3, 0.4) is 0 Å². The fourth-order valence-electron chi connectivity index (χ4n) is 1.11. The molecule has 0 amide bonds. The van der Waals surface area contributed by atoms with E-state index in [4.69, 9.17) is 40.2 Å². The van der Waals surface area contributed by atoms with E-state index in [1.54, 1.807) is 0 Å². The Hall–Kier alpha value is -0.0400. The van der Waals surface area contributed by atoms with Gasteiger partial charge in [0.1, 0.15) is 6.10 Å². The van der Waals surface area contributed by atoms with Crippen molar-refractivity contribution in [2.75, 3.05) is 17.5 Å². The molecule has 0 aromatic rings. The van der Waals surface area contributed by atoms with E-state index in [-0.39, 0.29) is 34.8 Å². The number of hydrogen-bond donors (Lipinski definition) is 1. The van der Waals surface area contributed by atoms with Crippen LogP contribution in [-0.4, -0.2) is 43.3 Å². The molecule has 0 unspecified atom stereocenters. The molecule has 0 aliphatic carbocycles. The van der Waals surface area contributed by atoms with Crippen LogP contribution in [0.1, 0.15) is 0 Å². The van der Waals surface area contributed by atoms with Gasteiger partial charge in [-0.3, -0.25) is 0 Å². The molecule has 1 aliphatic rings. The van der Waals surface area contributed by atoms with Crippen LogP contribution in [0.4, 0.5) is 0 Å². The van der Waals surface area contributed by atoms with Gasteiger partial charge in [-0.2, -0.15) is 0 Å². The Morgan fingerprint density at radius 2 is 2.19 bits per heavy atom. The molecule has 0 bridgehead atoms. The summed E-state index contributed by atoms with van der Waals surface area (Å²) in [5.74, 6) is 0.442. The largest absolute Gasteiger partial charge is 0.465 e. The van der Waals surface area contributed by atoms with Gasteiger partial charge in [-0.25, -0.2) is 8.42 Å². The standard InChI is InChI=1S/C8H11Cl2NO3S2/c9-3-7(4-10)14-8(15)11-6-1-2-16(12,13)5-6/h1-2,6-7H,3-5H2,(H,11,15)/t6-/m1/s1. The fraction of sp³-hybridized carbons (Fsp3) is 0.625. The van der Waals surface area contributed by atoms with E-state index in [1.807, 2.05) is 0 Å². The third-order valence-corrected chi connectivity index (χ3v) is 4.15. The highest BCUT2D eigenvalue weighted by atomic mass is 35.5. The smallest absolute Gasteiger partial charge is 0.257 e. The second-order valence-corrected chi connectivity index (χ2v) is 6.16. The van der Waals surface area contributed by atoms with Gasteiger partial charge in [0.2, 0.25) is 0 Å². The summed E-state index contributed by atoms with van der Waals surface area (Å²) in [7, 11) is -3.09. The molecule has 92 valence electrons. The average molecular weight is 304 g/mol. The van der Waals surface area contributed by atoms with Crippen LogP contribution in [0, 0.1) is 0 Å². The van der Waals surface area contributed by atoms with Crippen LogP contribution in [0.15, 0.2) is 11.5 Å². The summed E-state index contributed by atoms with van der Waals surface area (Å²) in [6.45, 7) is 0. The maximum atomic E-state index is 11.1. The van der Waals surface area contributed by atoms with Gasteiger partial charge in [-0.1, -0.05) is 0 Å². The Bertz CT molecular complexity index is 379. The van der Waals surface area contributed by atoms with E-state index in [2.05, 4.69) is 5.32 Å². The first-order valence-corrected chi connectivity index (χ1v) is 7.66. The molecule has 1 atom stereocenters. The van der Waals surface area contributed by atoms with E-state index in [9.17, 15) is 8.42 Å². The van der Waals surface area contributed by atoms with Crippen LogP contribution in [0.5, 0.6) is 0 Å². The lowest BCUT2D eigenvalue weighted by Gasteiger charge is -2.17. The summed E-state index contributed by atoms with van der Waals surface area (Å²) >= 11 is 16.0. The molecule has 0 saturated carbocycles. The van der Waals surface area contributed by atoms with Gasteiger partial charge in [-0.05, 0) is 18.3 Å². The molecule has 0 spiro atoms. The molecule has 0 fully saturated rings. The quantitative estimate of drug-likeness (QED) is 0.621. The maximum Gasteiger partial charge on any atom is 0.257 e. The average Bonchev–Trinajstić information content (AvgIpc) is 2.54. The lowest BCUT2D eigenvalue weighted by atomic mass is 10.3. The van der Waals surface area contributed by atoms with Gasteiger partial charge < -0.3 is 10.1 Å². The Balaban J connectivity index is 2.39. The van der Waals surface area contributed by atoms with Crippen molar-refractivity contribution in [2.24, 2.45) is 0 Å². The summed E-state index contributed by atoms with van der Waals surface area (Å²) in [6, 6.07) is -0.344. The number of sulfone groups is 1. The Morgan fingerprint density at radius 1 is 1.56 bits per heavy atom. The molecule has 0 aromatic heterocycles. The first-order chi connectivity index (χ1) is 7.46.